The molecule has 0 atom stereocenters. The molecule has 0 heterocycles. The van der Waals surface area contributed by atoms with Crippen molar-refractivity contribution in [3.8, 4) is 0 Å². The number of halogens is 2. The number of rotatable bonds is 4. The summed E-state index contributed by atoms with van der Waals surface area (Å²) < 4.78 is 23.1. The number of aliphatic imine (C=N–C) groups is 1. The van der Waals surface area contributed by atoms with E-state index in [1.54, 1.807) is 0 Å². The first kappa shape index (κ1) is 10.1. The van der Waals surface area contributed by atoms with Crippen LogP contribution in [0.4, 0.5) is 8.78 Å². The largest absolute Gasteiger partial charge is 0.404 e. The maximum absolute atomic E-state index is 11.5. The second-order valence-corrected chi connectivity index (χ2v) is 1.98. The normalized spacial score (nSPS) is 13.3. The predicted octanol–water partition coefficient (Wildman–Crippen LogP) is 1.57. The van der Waals surface area contributed by atoms with E-state index in [4.69, 9.17) is 5.73 Å². The number of nitrogens with two attached hydrogens (primary N) is 1. The van der Waals surface area contributed by atoms with Crippen molar-refractivity contribution >= 4 is 6.21 Å². The van der Waals surface area contributed by atoms with Crippen LogP contribution in [-0.2, 0) is 0 Å². The van der Waals surface area contributed by atoms with Gasteiger partial charge in [-0.3, -0.25) is 4.99 Å². The van der Waals surface area contributed by atoms with Crippen LogP contribution in [0.5, 0.6) is 0 Å². The molecular formula is C7H12F2N2. The minimum absolute atomic E-state index is 0.447. The van der Waals surface area contributed by atoms with Crippen LogP contribution in [-0.4, -0.2) is 19.2 Å². The number of hydrogen-bond donors (Lipinski definition) is 1. The summed E-state index contributed by atoms with van der Waals surface area (Å²) in [6, 6.07) is 0. The molecule has 0 aromatic heterocycles. The SMILES string of the molecule is CC/C(C=NCC(F)F)=C/N. The van der Waals surface area contributed by atoms with Gasteiger partial charge in [-0.05, 0) is 18.2 Å². The Labute approximate surface area is 64.8 Å². The summed E-state index contributed by atoms with van der Waals surface area (Å²) in [5.74, 6) is 0. The van der Waals surface area contributed by atoms with Gasteiger partial charge in [-0.25, -0.2) is 8.78 Å². The lowest BCUT2D eigenvalue weighted by Gasteiger charge is -1.93. The van der Waals surface area contributed by atoms with Crippen molar-refractivity contribution in [3.05, 3.63) is 11.8 Å². The quantitative estimate of drug-likeness (QED) is 0.626. The van der Waals surface area contributed by atoms with E-state index >= 15 is 0 Å². The lowest BCUT2D eigenvalue weighted by atomic mass is 10.2. The highest BCUT2D eigenvalue weighted by molar-refractivity contribution is 5.78. The highest BCUT2D eigenvalue weighted by Crippen LogP contribution is 1.95. The van der Waals surface area contributed by atoms with E-state index in [1.807, 2.05) is 6.92 Å². The summed E-state index contributed by atoms with van der Waals surface area (Å²) in [6.07, 6.45) is 1.09. The first-order chi connectivity index (χ1) is 5.20. The molecule has 0 aliphatic carbocycles. The van der Waals surface area contributed by atoms with Crippen molar-refractivity contribution in [3.63, 3.8) is 0 Å². The van der Waals surface area contributed by atoms with Gasteiger partial charge in [-0.2, -0.15) is 0 Å². The zero-order valence-electron chi connectivity index (χ0n) is 6.43. The van der Waals surface area contributed by atoms with Gasteiger partial charge < -0.3 is 5.73 Å². The van der Waals surface area contributed by atoms with Gasteiger partial charge >= 0.3 is 0 Å². The average molecular weight is 162 g/mol. The molecule has 0 bridgehead atoms. The Balaban J connectivity index is 3.72. The van der Waals surface area contributed by atoms with Gasteiger partial charge in [0.05, 0.1) is 6.54 Å². The van der Waals surface area contributed by atoms with Crippen LogP contribution < -0.4 is 5.73 Å². The molecule has 0 radical (unpaired) electrons. The number of hydrogen-bond acceptors (Lipinski definition) is 2. The van der Waals surface area contributed by atoms with Crippen molar-refractivity contribution in [2.45, 2.75) is 19.8 Å². The molecule has 0 saturated carbocycles. The summed E-state index contributed by atoms with van der Waals surface area (Å²) in [5.41, 5.74) is 5.93. The zero-order chi connectivity index (χ0) is 8.69. The Kier molecular flexibility index (Phi) is 5.33. The van der Waals surface area contributed by atoms with E-state index in [0.29, 0.717) is 6.42 Å². The maximum atomic E-state index is 11.5. The standard InChI is InChI=1S/C7H12F2N2/c1-2-6(3-10)4-11-5-7(8)9/h3-4,7H,2,5,10H2,1H3/b6-3-,11-4?. The third kappa shape index (κ3) is 5.51. The number of allylic oxidation sites excluding steroid dienone is 1. The monoisotopic (exact) mass is 162 g/mol. The van der Waals surface area contributed by atoms with Crippen molar-refractivity contribution in [1.29, 1.82) is 0 Å². The van der Waals surface area contributed by atoms with Crippen LogP contribution >= 0.6 is 0 Å². The molecule has 2 nitrogen and oxygen atoms in total. The summed E-state index contributed by atoms with van der Waals surface area (Å²) >= 11 is 0. The Hall–Kier alpha value is -0.930. The van der Waals surface area contributed by atoms with Gasteiger partial charge in [0.2, 0.25) is 0 Å². The number of alkyl halides is 2. The Morgan fingerprint density at radius 1 is 1.64 bits per heavy atom. The molecule has 0 aromatic rings. The molecule has 0 aromatic carbocycles. The third-order valence-electron chi connectivity index (χ3n) is 1.12. The molecule has 11 heavy (non-hydrogen) atoms. The van der Waals surface area contributed by atoms with E-state index in [0.717, 1.165) is 5.57 Å². The maximum Gasteiger partial charge on any atom is 0.257 e. The first-order valence-corrected chi connectivity index (χ1v) is 3.39. The fourth-order valence-corrected chi connectivity index (χ4v) is 0.502. The lowest BCUT2D eigenvalue weighted by molar-refractivity contribution is 0.159. The highest BCUT2D eigenvalue weighted by Gasteiger charge is 1.97. The third-order valence-corrected chi connectivity index (χ3v) is 1.12. The summed E-state index contributed by atoms with van der Waals surface area (Å²) in [4.78, 5) is 3.49. The van der Waals surface area contributed by atoms with Crippen LogP contribution in [0, 0.1) is 0 Å². The van der Waals surface area contributed by atoms with Crippen molar-refractivity contribution < 1.29 is 8.78 Å². The Bertz CT molecular complexity index is 153. The predicted molar refractivity (Wildman–Crippen MR) is 41.9 cm³/mol. The molecule has 4 heteroatoms. The second-order valence-electron chi connectivity index (χ2n) is 1.98. The van der Waals surface area contributed by atoms with E-state index in [2.05, 4.69) is 4.99 Å². The molecule has 0 aliphatic heterocycles. The molecule has 64 valence electrons. The van der Waals surface area contributed by atoms with Crippen molar-refractivity contribution in [1.82, 2.24) is 0 Å². The minimum atomic E-state index is -2.37. The molecule has 0 rings (SSSR count). The molecule has 0 amide bonds. The van der Waals surface area contributed by atoms with Crippen LogP contribution in [0.15, 0.2) is 16.8 Å². The Morgan fingerprint density at radius 2 is 2.27 bits per heavy atom. The van der Waals surface area contributed by atoms with Crippen LogP contribution in [0.2, 0.25) is 0 Å². The van der Waals surface area contributed by atoms with Gasteiger partial charge in [-0.15, -0.1) is 0 Å². The Morgan fingerprint density at radius 3 is 2.64 bits per heavy atom. The van der Waals surface area contributed by atoms with Gasteiger partial charge in [0.15, 0.2) is 0 Å². The average Bonchev–Trinajstić information content (AvgIpc) is 1.98. The van der Waals surface area contributed by atoms with Gasteiger partial charge in [0.25, 0.3) is 6.43 Å². The van der Waals surface area contributed by atoms with Gasteiger partial charge in [-0.1, -0.05) is 6.92 Å². The fraction of sp³-hybridized carbons (Fsp3) is 0.571. The highest BCUT2D eigenvalue weighted by atomic mass is 19.3. The zero-order valence-corrected chi connectivity index (χ0v) is 6.43. The summed E-state index contributed by atoms with van der Waals surface area (Å²) in [6.45, 7) is 1.43. The molecule has 0 aliphatic rings. The van der Waals surface area contributed by atoms with Crippen LogP contribution in [0.1, 0.15) is 13.3 Å². The lowest BCUT2D eigenvalue weighted by Crippen LogP contribution is -1.97. The van der Waals surface area contributed by atoms with E-state index in [9.17, 15) is 8.78 Å². The molecule has 0 fully saturated rings. The first-order valence-electron chi connectivity index (χ1n) is 3.39. The second kappa shape index (κ2) is 5.82. The van der Waals surface area contributed by atoms with E-state index in [1.165, 1.54) is 12.4 Å². The topological polar surface area (TPSA) is 38.4 Å². The minimum Gasteiger partial charge on any atom is -0.404 e. The van der Waals surface area contributed by atoms with Crippen LogP contribution in [0.25, 0.3) is 0 Å². The van der Waals surface area contributed by atoms with Crippen LogP contribution in [0.3, 0.4) is 0 Å². The molecule has 2 N–H and O–H groups in total. The molecule has 0 saturated heterocycles. The summed E-state index contributed by atoms with van der Waals surface area (Å²) in [7, 11) is 0. The van der Waals surface area contributed by atoms with Crippen molar-refractivity contribution in [2.24, 2.45) is 10.7 Å². The molecule has 0 spiro atoms. The molecular weight excluding hydrogens is 150 g/mol. The van der Waals surface area contributed by atoms with Gasteiger partial charge in [0, 0.05) is 6.21 Å². The number of nitrogens with zero attached hydrogens (tertiary/aromatic N) is 1. The van der Waals surface area contributed by atoms with Gasteiger partial charge in [0.1, 0.15) is 0 Å². The summed E-state index contributed by atoms with van der Waals surface area (Å²) in [5, 5.41) is 0. The smallest absolute Gasteiger partial charge is 0.257 e. The fourth-order valence-electron chi connectivity index (χ4n) is 0.502. The van der Waals surface area contributed by atoms with E-state index < -0.39 is 13.0 Å². The van der Waals surface area contributed by atoms with E-state index in [-0.39, 0.29) is 0 Å². The molecule has 0 unspecified atom stereocenters. The van der Waals surface area contributed by atoms with Crippen molar-refractivity contribution in [2.75, 3.05) is 6.54 Å².